The van der Waals surface area contributed by atoms with Gasteiger partial charge in [-0.1, -0.05) is 23.7 Å². The zero-order valence-electron chi connectivity index (χ0n) is 17.9. The summed E-state index contributed by atoms with van der Waals surface area (Å²) in [6.45, 7) is 0.180. The number of carboxylic acids is 1. The van der Waals surface area contributed by atoms with Crippen molar-refractivity contribution in [1.82, 2.24) is 19.4 Å². The first kappa shape index (κ1) is 22.9. The van der Waals surface area contributed by atoms with Gasteiger partial charge in [-0.15, -0.1) is 0 Å². The van der Waals surface area contributed by atoms with Gasteiger partial charge >= 0.3 is 17.3 Å². The summed E-state index contributed by atoms with van der Waals surface area (Å²) < 4.78 is 8.00. The van der Waals surface area contributed by atoms with Crippen LogP contribution >= 0.6 is 11.6 Å². The molecule has 2 heterocycles. The van der Waals surface area contributed by atoms with E-state index in [0.29, 0.717) is 22.2 Å². The van der Waals surface area contributed by atoms with Gasteiger partial charge in [0.15, 0.2) is 0 Å². The maximum absolute atomic E-state index is 12.8. The number of halogens is 1. The lowest BCUT2D eigenvalue weighted by Gasteiger charge is -2.16. The summed E-state index contributed by atoms with van der Waals surface area (Å²) in [5, 5.41) is 15.4. The first-order valence-electron chi connectivity index (χ1n) is 10.1. The molecule has 11 heteroatoms. The smallest absolute Gasteiger partial charge is 0.354 e. The van der Waals surface area contributed by atoms with Crippen LogP contribution in [0.2, 0.25) is 5.02 Å². The predicted molar refractivity (Wildman–Crippen MR) is 126 cm³/mol. The zero-order chi connectivity index (χ0) is 24.2. The number of nitrogens with zero attached hydrogens (tertiary/aromatic N) is 3. The summed E-state index contributed by atoms with van der Waals surface area (Å²) in [7, 11) is 1.37. The summed E-state index contributed by atoms with van der Waals surface area (Å²) >= 11 is 5.94. The van der Waals surface area contributed by atoms with Crippen LogP contribution in [0.1, 0.15) is 5.56 Å². The minimum atomic E-state index is -1.02. The molecule has 0 aliphatic carbocycles. The van der Waals surface area contributed by atoms with Crippen molar-refractivity contribution >= 4 is 29.2 Å². The van der Waals surface area contributed by atoms with Crippen LogP contribution in [-0.4, -0.2) is 31.2 Å². The van der Waals surface area contributed by atoms with Crippen molar-refractivity contribution in [2.75, 3.05) is 5.32 Å². The molecule has 0 spiro atoms. The average molecular weight is 482 g/mol. The Morgan fingerprint density at radius 2 is 1.88 bits per heavy atom. The van der Waals surface area contributed by atoms with Crippen LogP contribution < -0.4 is 26.7 Å². The number of carbonyl (C=O) groups is 1. The number of anilines is 2. The fraction of sp³-hybridized carbons (Fsp3) is 0.130. The van der Waals surface area contributed by atoms with Gasteiger partial charge in [-0.25, -0.2) is 19.0 Å². The molecular weight excluding hydrogens is 462 g/mol. The number of carboxylic acid groups (broad SMARTS) is 1. The van der Waals surface area contributed by atoms with E-state index in [1.807, 2.05) is 0 Å². The molecule has 1 aliphatic rings. The summed E-state index contributed by atoms with van der Waals surface area (Å²) in [5.41, 5.74) is 0.171. The van der Waals surface area contributed by atoms with Crippen molar-refractivity contribution in [2.45, 2.75) is 12.6 Å². The molecule has 0 fully saturated rings. The highest BCUT2D eigenvalue weighted by Crippen LogP contribution is 2.21. The maximum Gasteiger partial charge on any atom is 0.354 e. The lowest BCUT2D eigenvalue weighted by Crippen LogP contribution is -2.41. The largest absolute Gasteiger partial charge is 0.479 e. The first-order valence-corrected chi connectivity index (χ1v) is 10.5. The lowest BCUT2D eigenvalue weighted by atomic mass is 10.2. The second kappa shape index (κ2) is 9.67. The molecular formula is C23H20ClN5O5. The van der Waals surface area contributed by atoms with Gasteiger partial charge in [-0.2, -0.15) is 4.98 Å². The molecule has 0 bridgehead atoms. The fourth-order valence-electron chi connectivity index (χ4n) is 3.17. The Kier molecular flexibility index (Phi) is 6.51. The van der Waals surface area contributed by atoms with Gasteiger partial charge in [0.05, 0.1) is 6.54 Å². The molecule has 1 aliphatic heterocycles. The van der Waals surface area contributed by atoms with Gasteiger partial charge < -0.3 is 20.5 Å². The van der Waals surface area contributed by atoms with Gasteiger partial charge in [0.25, 0.3) is 0 Å². The Hall–Kier alpha value is -4.31. The van der Waals surface area contributed by atoms with Crippen molar-refractivity contribution in [1.29, 1.82) is 0 Å². The Labute approximate surface area is 198 Å². The van der Waals surface area contributed by atoms with Crippen LogP contribution in [0, 0.1) is 0 Å². The first-order chi connectivity index (χ1) is 16.3. The van der Waals surface area contributed by atoms with Gasteiger partial charge in [-0.05, 0) is 54.1 Å². The highest BCUT2D eigenvalue weighted by Gasteiger charge is 2.17. The number of ether oxygens (including phenoxy) is 1. The van der Waals surface area contributed by atoms with E-state index in [2.05, 4.69) is 15.6 Å². The minimum absolute atomic E-state index is 0.0880. The van der Waals surface area contributed by atoms with E-state index in [0.717, 1.165) is 10.1 Å². The van der Waals surface area contributed by atoms with E-state index in [-0.39, 0.29) is 12.5 Å². The fourth-order valence-corrected chi connectivity index (χ4v) is 3.30. The highest BCUT2D eigenvalue weighted by molar-refractivity contribution is 6.30. The number of dihydropyridines is 1. The van der Waals surface area contributed by atoms with Crippen LogP contribution in [0.25, 0.3) is 0 Å². The topological polar surface area (TPSA) is 127 Å². The summed E-state index contributed by atoms with van der Waals surface area (Å²) in [6, 6.07) is 12.8. The second-order valence-electron chi connectivity index (χ2n) is 7.41. The number of hydrogen-bond acceptors (Lipinski definition) is 7. The molecule has 10 nitrogen and oxygen atoms in total. The molecule has 0 saturated carbocycles. The van der Waals surface area contributed by atoms with Crippen molar-refractivity contribution in [2.24, 2.45) is 7.05 Å². The summed E-state index contributed by atoms with van der Waals surface area (Å²) in [4.78, 5) is 40.1. The Bertz CT molecular complexity index is 1390. The van der Waals surface area contributed by atoms with Crippen molar-refractivity contribution in [3.05, 3.63) is 104 Å². The number of aromatic nitrogens is 3. The molecule has 0 radical (unpaired) electrons. The Morgan fingerprint density at radius 1 is 1.18 bits per heavy atom. The molecule has 1 atom stereocenters. The zero-order valence-corrected chi connectivity index (χ0v) is 18.7. The number of nitrogens with one attached hydrogen (secondary N) is 2. The van der Waals surface area contributed by atoms with Crippen LogP contribution in [0.4, 0.5) is 11.6 Å². The second-order valence-corrected chi connectivity index (χ2v) is 7.85. The SMILES string of the molecule is Cn1c(=O)nc(Nc2ccc(OC3=CC(C(=O)O)NC=C3)cc2)n(Cc2ccc(Cl)cc2)c1=O. The number of aliphatic carboxylic acids is 1. The van der Waals surface area contributed by atoms with E-state index in [4.69, 9.17) is 21.4 Å². The Morgan fingerprint density at radius 3 is 2.56 bits per heavy atom. The molecule has 2 aromatic carbocycles. The van der Waals surface area contributed by atoms with E-state index >= 15 is 0 Å². The molecule has 0 saturated heterocycles. The maximum atomic E-state index is 12.8. The standard InChI is InChI=1S/C23H20ClN5O5/c1-28-22(32)27-21(29(23(28)33)13-14-2-4-15(24)5-3-14)26-16-6-8-17(9-7-16)34-18-10-11-25-19(12-18)20(30)31/h2-12,19,25H,13H2,1H3,(H,30,31)(H,26,27,32). The monoisotopic (exact) mass is 481 g/mol. The van der Waals surface area contributed by atoms with Gasteiger partial charge in [0.1, 0.15) is 17.6 Å². The molecule has 174 valence electrons. The van der Waals surface area contributed by atoms with E-state index < -0.39 is 23.4 Å². The molecule has 4 rings (SSSR count). The van der Waals surface area contributed by atoms with Crippen LogP contribution in [0.5, 0.6) is 5.75 Å². The van der Waals surface area contributed by atoms with Gasteiger partial charge in [0, 0.05) is 24.0 Å². The van der Waals surface area contributed by atoms with Crippen LogP contribution in [0.15, 0.2) is 82.2 Å². The highest BCUT2D eigenvalue weighted by atomic mass is 35.5. The number of hydrogen-bond donors (Lipinski definition) is 3. The lowest BCUT2D eigenvalue weighted by molar-refractivity contribution is -0.137. The third kappa shape index (κ3) is 5.18. The third-order valence-corrected chi connectivity index (χ3v) is 5.23. The molecule has 1 unspecified atom stereocenters. The van der Waals surface area contributed by atoms with Crippen molar-refractivity contribution in [3.8, 4) is 5.75 Å². The number of allylic oxidation sites excluding steroid dienone is 1. The van der Waals surface area contributed by atoms with Gasteiger partial charge in [0.2, 0.25) is 5.95 Å². The molecule has 1 aromatic heterocycles. The summed E-state index contributed by atoms with van der Waals surface area (Å²) in [5.74, 6) is -0.0685. The normalized spacial score (nSPS) is 14.8. The molecule has 0 amide bonds. The predicted octanol–water partition coefficient (Wildman–Crippen LogP) is 2.22. The molecule has 34 heavy (non-hydrogen) atoms. The summed E-state index contributed by atoms with van der Waals surface area (Å²) in [6.07, 6.45) is 4.57. The van der Waals surface area contributed by atoms with Crippen molar-refractivity contribution in [3.63, 3.8) is 0 Å². The quantitative estimate of drug-likeness (QED) is 0.468. The molecule has 3 N–H and O–H groups in total. The molecule has 3 aromatic rings. The van der Waals surface area contributed by atoms with E-state index in [9.17, 15) is 14.4 Å². The number of benzene rings is 2. The number of rotatable bonds is 7. The Balaban J connectivity index is 1.56. The minimum Gasteiger partial charge on any atom is -0.479 e. The third-order valence-electron chi connectivity index (χ3n) is 4.98. The average Bonchev–Trinajstić information content (AvgIpc) is 2.83. The van der Waals surface area contributed by atoms with Crippen LogP contribution in [0.3, 0.4) is 0 Å². The van der Waals surface area contributed by atoms with Crippen LogP contribution in [-0.2, 0) is 18.4 Å². The van der Waals surface area contributed by atoms with Gasteiger partial charge in [-0.3, -0.25) is 4.57 Å². The van der Waals surface area contributed by atoms with Crippen molar-refractivity contribution < 1.29 is 14.6 Å². The van der Waals surface area contributed by atoms with E-state index in [1.165, 1.54) is 23.9 Å². The van der Waals surface area contributed by atoms with E-state index in [1.54, 1.807) is 54.6 Å².